The Hall–Kier alpha value is -3.06. The van der Waals surface area contributed by atoms with Crippen molar-refractivity contribution in [3.63, 3.8) is 0 Å². The summed E-state index contributed by atoms with van der Waals surface area (Å²) in [5.41, 5.74) is 3.41. The Morgan fingerprint density at radius 2 is 1.96 bits per heavy atom. The number of hydrogen-bond acceptors (Lipinski definition) is 5. The third kappa shape index (κ3) is 4.43. The first-order chi connectivity index (χ1) is 13.4. The second-order valence-electron chi connectivity index (χ2n) is 6.41. The molecular weight excluding hydrogens is 376 g/mol. The van der Waals surface area contributed by atoms with Crippen LogP contribution in [-0.4, -0.2) is 35.6 Å². The van der Waals surface area contributed by atoms with Gasteiger partial charge in [0.15, 0.2) is 0 Å². The minimum Gasteiger partial charge on any atom is -0.497 e. The molecule has 0 bridgehead atoms. The maximum Gasteiger partial charge on any atom is 0.294 e. The molecule has 144 valence electrons. The topological polar surface area (TPSA) is 75.7 Å². The number of benzene rings is 2. The van der Waals surface area contributed by atoms with Gasteiger partial charge in [-0.2, -0.15) is 0 Å². The highest BCUT2D eigenvalue weighted by atomic mass is 32.2. The molecule has 0 spiro atoms. The Kier molecular flexibility index (Phi) is 5.84. The molecule has 1 aliphatic heterocycles. The molecule has 1 fully saturated rings. The van der Waals surface area contributed by atoms with Crippen molar-refractivity contribution in [1.82, 2.24) is 4.90 Å². The smallest absolute Gasteiger partial charge is 0.294 e. The zero-order valence-electron chi connectivity index (χ0n) is 15.8. The molecule has 3 rings (SSSR count). The van der Waals surface area contributed by atoms with E-state index >= 15 is 0 Å². The van der Waals surface area contributed by atoms with E-state index in [9.17, 15) is 14.4 Å². The van der Waals surface area contributed by atoms with Crippen LogP contribution in [0.2, 0.25) is 0 Å². The fourth-order valence-corrected chi connectivity index (χ4v) is 3.64. The summed E-state index contributed by atoms with van der Waals surface area (Å²) >= 11 is 0.821. The number of thioether (sulfide) groups is 1. The number of methoxy groups -OCH3 is 1. The van der Waals surface area contributed by atoms with Crippen LogP contribution in [0, 0.1) is 13.8 Å². The molecule has 0 atom stereocenters. The van der Waals surface area contributed by atoms with Crippen LogP contribution in [0.1, 0.15) is 16.7 Å². The van der Waals surface area contributed by atoms with Crippen LogP contribution in [0.4, 0.5) is 10.5 Å². The summed E-state index contributed by atoms with van der Waals surface area (Å²) in [5.74, 6) is -0.244. The van der Waals surface area contributed by atoms with Gasteiger partial charge in [-0.25, -0.2) is 0 Å². The van der Waals surface area contributed by atoms with E-state index in [-0.39, 0.29) is 11.4 Å². The van der Waals surface area contributed by atoms with E-state index in [2.05, 4.69) is 5.32 Å². The number of anilines is 1. The van der Waals surface area contributed by atoms with Gasteiger partial charge in [-0.3, -0.25) is 19.3 Å². The van der Waals surface area contributed by atoms with Crippen LogP contribution in [-0.2, 0) is 9.59 Å². The summed E-state index contributed by atoms with van der Waals surface area (Å²) in [6.45, 7) is 3.53. The molecule has 0 unspecified atom stereocenters. The van der Waals surface area contributed by atoms with E-state index in [0.29, 0.717) is 11.4 Å². The van der Waals surface area contributed by atoms with Crippen LogP contribution in [0.5, 0.6) is 5.75 Å². The molecule has 28 heavy (non-hydrogen) atoms. The van der Waals surface area contributed by atoms with Gasteiger partial charge in [-0.05, 0) is 61.0 Å². The monoisotopic (exact) mass is 396 g/mol. The first-order valence-corrected chi connectivity index (χ1v) is 9.45. The van der Waals surface area contributed by atoms with Gasteiger partial charge in [0.25, 0.3) is 11.1 Å². The average molecular weight is 396 g/mol. The Morgan fingerprint density at radius 1 is 1.18 bits per heavy atom. The summed E-state index contributed by atoms with van der Waals surface area (Å²) in [6.07, 6.45) is 1.62. The second kappa shape index (κ2) is 8.31. The van der Waals surface area contributed by atoms with Crippen LogP contribution in [0.3, 0.4) is 0 Å². The molecule has 6 nitrogen and oxygen atoms in total. The molecule has 0 aromatic heterocycles. The molecule has 0 aliphatic carbocycles. The van der Waals surface area contributed by atoms with Gasteiger partial charge in [0.1, 0.15) is 12.3 Å². The standard InChI is InChI=1S/C21H20N2O4S/c1-13-7-8-17(14(2)9-13)22-19(24)12-23-20(25)18(28-21(23)26)11-15-5-4-6-16(10-15)27-3/h4-11H,12H2,1-3H3,(H,22,24)/b18-11+. The maximum absolute atomic E-state index is 12.6. The largest absolute Gasteiger partial charge is 0.497 e. The second-order valence-corrected chi connectivity index (χ2v) is 7.40. The zero-order valence-corrected chi connectivity index (χ0v) is 16.6. The molecule has 1 N–H and O–H groups in total. The van der Waals surface area contributed by atoms with E-state index in [1.165, 1.54) is 0 Å². The van der Waals surface area contributed by atoms with Crippen molar-refractivity contribution in [3.05, 3.63) is 64.1 Å². The molecule has 0 saturated carbocycles. The molecule has 0 radical (unpaired) electrons. The third-order valence-corrected chi connectivity index (χ3v) is 5.13. The Bertz CT molecular complexity index is 984. The van der Waals surface area contributed by atoms with Crippen molar-refractivity contribution in [2.24, 2.45) is 0 Å². The lowest BCUT2D eigenvalue weighted by Gasteiger charge is -2.14. The van der Waals surface area contributed by atoms with Crippen molar-refractivity contribution in [2.45, 2.75) is 13.8 Å². The first-order valence-electron chi connectivity index (χ1n) is 8.64. The number of nitrogens with one attached hydrogen (secondary N) is 1. The fourth-order valence-electron chi connectivity index (χ4n) is 2.81. The average Bonchev–Trinajstić information content (AvgIpc) is 2.91. The van der Waals surface area contributed by atoms with Crippen LogP contribution >= 0.6 is 11.8 Å². The van der Waals surface area contributed by atoms with Crippen LogP contribution in [0.25, 0.3) is 6.08 Å². The number of ether oxygens (including phenoxy) is 1. The third-order valence-electron chi connectivity index (χ3n) is 4.22. The summed E-state index contributed by atoms with van der Waals surface area (Å²) in [5, 5.41) is 2.29. The molecule has 1 saturated heterocycles. The van der Waals surface area contributed by atoms with Crippen molar-refractivity contribution in [1.29, 1.82) is 0 Å². The Morgan fingerprint density at radius 3 is 2.68 bits per heavy atom. The predicted octanol–water partition coefficient (Wildman–Crippen LogP) is 3.99. The number of imide groups is 1. The minimum atomic E-state index is -0.478. The van der Waals surface area contributed by atoms with Gasteiger partial charge in [0, 0.05) is 5.69 Å². The number of rotatable bonds is 5. The Balaban J connectivity index is 1.71. The number of nitrogens with zero attached hydrogens (tertiary/aromatic N) is 1. The number of amides is 3. The number of carbonyl (C=O) groups excluding carboxylic acids is 3. The van der Waals surface area contributed by atoms with Gasteiger partial charge in [-0.1, -0.05) is 29.8 Å². The molecule has 2 aromatic rings. The molecule has 1 heterocycles. The molecular formula is C21H20N2O4S. The summed E-state index contributed by atoms with van der Waals surface area (Å²) in [7, 11) is 1.56. The molecule has 2 aromatic carbocycles. The van der Waals surface area contributed by atoms with Gasteiger partial charge >= 0.3 is 0 Å². The van der Waals surface area contributed by atoms with Crippen molar-refractivity contribution < 1.29 is 19.1 Å². The number of aryl methyl sites for hydroxylation is 2. The van der Waals surface area contributed by atoms with E-state index in [1.807, 2.05) is 32.0 Å². The lowest BCUT2D eigenvalue weighted by Crippen LogP contribution is -2.36. The quantitative estimate of drug-likeness (QED) is 0.774. The SMILES string of the molecule is COc1cccc(/C=C2/SC(=O)N(CC(=O)Nc3ccc(C)cc3C)C2=O)c1. The highest BCUT2D eigenvalue weighted by Gasteiger charge is 2.36. The van der Waals surface area contributed by atoms with Gasteiger partial charge < -0.3 is 10.1 Å². The maximum atomic E-state index is 12.6. The van der Waals surface area contributed by atoms with Gasteiger partial charge in [-0.15, -0.1) is 0 Å². The van der Waals surface area contributed by atoms with Crippen molar-refractivity contribution in [2.75, 3.05) is 19.0 Å². The summed E-state index contributed by atoms with van der Waals surface area (Å²) < 4.78 is 5.16. The fraction of sp³-hybridized carbons (Fsp3) is 0.190. The zero-order chi connectivity index (χ0) is 20.3. The van der Waals surface area contributed by atoms with Crippen LogP contribution in [0.15, 0.2) is 47.4 Å². The normalized spacial score (nSPS) is 15.2. The minimum absolute atomic E-state index is 0.276. The Labute approximate surface area is 167 Å². The molecule has 3 amide bonds. The van der Waals surface area contributed by atoms with Crippen molar-refractivity contribution >= 4 is 40.6 Å². The summed E-state index contributed by atoms with van der Waals surface area (Å²) in [4.78, 5) is 38.4. The highest BCUT2D eigenvalue weighted by Crippen LogP contribution is 2.32. The molecule has 1 aliphatic rings. The van der Waals surface area contributed by atoms with Crippen LogP contribution < -0.4 is 10.1 Å². The molecule has 7 heteroatoms. The van der Waals surface area contributed by atoms with E-state index in [0.717, 1.165) is 33.4 Å². The van der Waals surface area contributed by atoms with Gasteiger partial charge in [0.05, 0.1) is 12.0 Å². The van der Waals surface area contributed by atoms with Crippen molar-refractivity contribution in [3.8, 4) is 5.75 Å². The number of hydrogen-bond donors (Lipinski definition) is 1. The lowest BCUT2D eigenvalue weighted by atomic mass is 10.1. The first kappa shape index (κ1) is 19.7. The van der Waals surface area contributed by atoms with E-state index in [4.69, 9.17) is 4.74 Å². The lowest BCUT2D eigenvalue weighted by molar-refractivity contribution is -0.127. The van der Waals surface area contributed by atoms with E-state index in [1.54, 1.807) is 37.5 Å². The highest BCUT2D eigenvalue weighted by molar-refractivity contribution is 8.18. The summed E-state index contributed by atoms with van der Waals surface area (Å²) in [6, 6.07) is 12.8. The van der Waals surface area contributed by atoms with E-state index < -0.39 is 17.1 Å². The number of carbonyl (C=O) groups is 3. The predicted molar refractivity (Wildman–Crippen MR) is 110 cm³/mol. The van der Waals surface area contributed by atoms with Gasteiger partial charge in [0.2, 0.25) is 5.91 Å².